The van der Waals surface area contributed by atoms with E-state index in [9.17, 15) is 40.5 Å². The van der Waals surface area contributed by atoms with Crippen LogP contribution in [0, 0.1) is 0 Å². The van der Waals surface area contributed by atoms with Gasteiger partial charge in [0.1, 0.15) is 36.6 Å². The van der Waals surface area contributed by atoms with Crippen LogP contribution in [0.3, 0.4) is 0 Å². The lowest BCUT2D eigenvalue weighted by molar-refractivity contribution is -0.303. The first-order valence-corrected chi connectivity index (χ1v) is 35.4. The van der Waals surface area contributed by atoms with Crippen LogP contribution in [-0.4, -0.2) is 110 Å². The topological polar surface area (TPSA) is 189 Å². The zero-order chi connectivity index (χ0) is 58.2. The molecule has 0 spiro atoms. The van der Waals surface area contributed by atoms with Gasteiger partial charge >= 0.3 is 0 Å². The average molecular weight is 1140 g/mol. The van der Waals surface area contributed by atoms with Crippen LogP contribution in [0.1, 0.15) is 367 Å². The molecule has 1 heterocycles. The van der Waals surface area contributed by atoms with Crippen molar-refractivity contribution in [3.05, 3.63) is 0 Å². The summed E-state index contributed by atoms with van der Waals surface area (Å²) in [6.07, 6.45) is 59.0. The molecule has 0 aliphatic carbocycles. The molecular formula is C69H137NO10. The van der Waals surface area contributed by atoms with Gasteiger partial charge < -0.3 is 50.5 Å². The fraction of sp³-hybridized carbons (Fsp3) is 0.986. The summed E-state index contributed by atoms with van der Waals surface area (Å²) < 4.78 is 11.2. The molecule has 1 aliphatic heterocycles. The van der Waals surface area contributed by atoms with Crippen molar-refractivity contribution in [1.29, 1.82) is 0 Å². The summed E-state index contributed by atoms with van der Waals surface area (Å²) in [5, 5.41) is 76.6. The summed E-state index contributed by atoms with van der Waals surface area (Å²) in [7, 11) is 0. The van der Waals surface area contributed by atoms with Crippen molar-refractivity contribution in [2.45, 2.75) is 422 Å². The van der Waals surface area contributed by atoms with Crippen LogP contribution in [0.5, 0.6) is 0 Å². The number of amides is 1. The number of carbonyl (C=O) groups excluding carboxylic acids is 1. The molecule has 80 heavy (non-hydrogen) atoms. The van der Waals surface area contributed by atoms with Crippen LogP contribution >= 0.6 is 0 Å². The summed E-state index contributed by atoms with van der Waals surface area (Å²) in [5.74, 6) is -0.686. The lowest BCUT2D eigenvalue weighted by Crippen LogP contribution is -2.60. The molecule has 8 N–H and O–H groups in total. The molecule has 9 unspecified atom stereocenters. The van der Waals surface area contributed by atoms with E-state index in [4.69, 9.17) is 9.47 Å². The van der Waals surface area contributed by atoms with E-state index in [1.807, 2.05) is 0 Å². The number of aliphatic hydroxyl groups excluding tert-OH is 7. The minimum Gasteiger partial charge on any atom is -0.394 e. The normalized spacial score (nSPS) is 19.1. The summed E-state index contributed by atoms with van der Waals surface area (Å²) >= 11 is 0. The second-order valence-electron chi connectivity index (χ2n) is 25.3. The number of rotatable bonds is 63. The standard InChI is InChI=1S/C69H137NO10/c1-3-5-7-9-11-13-15-17-19-21-23-25-27-29-31-33-35-37-39-41-43-45-47-49-51-53-55-57-62(73)68(78)70-60(59-79-69-67(77)66(76)65(75)63(58-71)80-69)64(74)61(72)56-54-52-50-48-46-44-42-40-38-36-34-32-30-28-26-24-22-20-18-16-14-12-10-8-6-4-2/h60-67,69,71-77H,3-59H2,1-2H3,(H,70,78). The molecule has 0 radical (unpaired) electrons. The molecule has 0 aromatic rings. The van der Waals surface area contributed by atoms with Gasteiger partial charge in [0, 0.05) is 0 Å². The molecule has 0 aromatic heterocycles. The lowest BCUT2D eigenvalue weighted by atomic mass is 9.98. The van der Waals surface area contributed by atoms with Gasteiger partial charge in [-0.05, 0) is 12.8 Å². The fourth-order valence-electron chi connectivity index (χ4n) is 12.0. The third-order valence-corrected chi connectivity index (χ3v) is 17.7. The predicted molar refractivity (Wildman–Crippen MR) is 335 cm³/mol. The maximum absolute atomic E-state index is 13.3. The number of nitrogens with one attached hydrogen (secondary N) is 1. The van der Waals surface area contributed by atoms with Crippen LogP contribution in [0.2, 0.25) is 0 Å². The molecule has 0 bridgehead atoms. The Kier molecular flexibility index (Phi) is 56.4. The smallest absolute Gasteiger partial charge is 0.249 e. The van der Waals surface area contributed by atoms with Crippen molar-refractivity contribution in [2.24, 2.45) is 0 Å². The first-order chi connectivity index (χ1) is 39.2. The van der Waals surface area contributed by atoms with Gasteiger partial charge in [-0.1, -0.05) is 354 Å². The summed E-state index contributed by atoms with van der Waals surface area (Å²) in [6.45, 7) is 3.53. The highest BCUT2D eigenvalue weighted by Gasteiger charge is 2.44. The molecule has 1 rings (SSSR count). The van der Waals surface area contributed by atoms with E-state index in [0.29, 0.717) is 19.3 Å². The van der Waals surface area contributed by atoms with E-state index in [1.165, 1.54) is 289 Å². The molecule has 478 valence electrons. The lowest BCUT2D eigenvalue weighted by Gasteiger charge is -2.40. The molecule has 11 nitrogen and oxygen atoms in total. The Morgan fingerprint density at radius 3 is 0.925 bits per heavy atom. The zero-order valence-electron chi connectivity index (χ0n) is 52.9. The highest BCUT2D eigenvalue weighted by atomic mass is 16.7. The number of unbranched alkanes of at least 4 members (excludes halogenated alkanes) is 51. The maximum atomic E-state index is 13.3. The molecular weight excluding hydrogens is 1000 g/mol. The molecule has 1 amide bonds. The van der Waals surface area contributed by atoms with Gasteiger partial charge in [-0.15, -0.1) is 0 Å². The summed E-state index contributed by atoms with van der Waals surface area (Å²) in [6, 6.07) is -1.16. The number of aliphatic hydroxyl groups is 7. The van der Waals surface area contributed by atoms with Gasteiger partial charge in [-0.25, -0.2) is 0 Å². The van der Waals surface area contributed by atoms with E-state index in [2.05, 4.69) is 19.2 Å². The second kappa shape index (κ2) is 58.5. The Labute approximate surface area is 494 Å². The predicted octanol–water partition coefficient (Wildman–Crippen LogP) is 16.9. The highest BCUT2D eigenvalue weighted by molar-refractivity contribution is 5.80. The SMILES string of the molecule is CCCCCCCCCCCCCCCCCCCCCCCCCCCCCC(O)C(=O)NC(COC1OC(CO)C(O)C(O)C1O)C(O)C(O)CCCCCCCCCCCCCCCCCCCCCCCCCCCC. The minimum absolute atomic E-state index is 0.268. The van der Waals surface area contributed by atoms with Crippen molar-refractivity contribution in [1.82, 2.24) is 5.32 Å². The third kappa shape index (κ3) is 45.5. The second-order valence-corrected chi connectivity index (χ2v) is 25.3. The first kappa shape index (κ1) is 77.1. The van der Waals surface area contributed by atoms with Gasteiger partial charge in [0.15, 0.2) is 6.29 Å². The van der Waals surface area contributed by atoms with E-state index < -0.39 is 74.2 Å². The zero-order valence-corrected chi connectivity index (χ0v) is 52.9. The van der Waals surface area contributed by atoms with Crippen molar-refractivity contribution in [2.75, 3.05) is 13.2 Å². The Balaban J connectivity index is 2.19. The molecule has 1 fully saturated rings. The van der Waals surface area contributed by atoms with Crippen molar-refractivity contribution < 1.29 is 50.0 Å². The van der Waals surface area contributed by atoms with Crippen LogP contribution in [0.4, 0.5) is 0 Å². The Bertz CT molecular complexity index is 1260. The van der Waals surface area contributed by atoms with Crippen LogP contribution in [0.15, 0.2) is 0 Å². The molecule has 0 saturated carbocycles. The van der Waals surface area contributed by atoms with E-state index in [0.717, 1.165) is 38.5 Å². The monoisotopic (exact) mass is 1140 g/mol. The summed E-state index contributed by atoms with van der Waals surface area (Å²) in [5.41, 5.74) is 0. The molecule has 1 aliphatic rings. The number of carbonyl (C=O) groups is 1. The Morgan fingerprint density at radius 1 is 0.388 bits per heavy atom. The largest absolute Gasteiger partial charge is 0.394 e. The van der Waals surface area contributed by atoms with Gasteiger partial charge in [0.2, 0.25) is 5.91 Å². The van der Waals surface area contributed by atoms with E-state index in [1.54, 1.807) is 0 Å². The van der Waals surface area contributed by atoms with E-state index >= 15 is 0 Å². The van der Waals surface area contributed by atoms with Gasteiger partial charge in [0.25, 0.3) is 0 Å². The fourth-order valence-corrected chi connectivity index (χ4v) is 12.0. The van der Waals surface area contributed by atoms with Crippen molar-refractivity contribution in [3.63, 3.8) is 0 Å². The summed E-state index contributed by atoms with van der Waals surface area (Å²) in [4.78, 5) is 13.3. The molecule has 1 saturated heterocycles. The first-order valence-electron chi connectivity index (χ1n) is 35.4. The molecule has 11 heteroatoms. The minimum atomic E-state index is -1.66. The molecule has 9 atom stereocenters. The van der Waals surface area contributed by atoms with Gasteiger partial charge in [-0.2, -0.15) is 0 Å². The Morgan fingerprint density at radius 2 is 0.650 bits per heavy atom. The number of hydrogen-bond donors (Lipinski definition) is 8. The number of hydrogen-bond acceptors (Lipinski definition) is 10. The van der Waals surface area contributed by atoms with Gasteiger partial charge in [-0.3, -0.25) is 4.79 Å². The molecule has 0 aromatic carbocycles. The Hall–Kier alpha value is -0.890. The van der Waals surface area contributed by atoms with Crippen molar-refractivity contribution in [3.8, 4) is 0 Å². The van der Waals surface area contributed by atoms with E-state index in [-0.39, 0.29) is 6.42 Å². The van der Waals surface area contributed by atoms with Crippen LogP contribution in [0.25, 0.3) is 0 Å². The van der Waals surface area contributed by atoms with Gasteiger partial charge in [0.05, 0.1) is 25.4 Å². The van der Waals surface area contributed by atoms with Crippen LogP contribution < -0.4 is 5.32 Å². The van der Waals surface area contributed by atoms with Crippen molar-refractivity contribution >= 4 is 5.91 Å². The maximum Gasteiger partial charge on any atom is 0.249 e. The van der Waals surface area contributed by atoms with Crippen LogP contribution in [-0.2, 0) is 14.3 Å². The number of ether oxygens (including phenoxy) is 2. The highest BCUT2D eigenvalue weighted by Crippen LogP contribution is 2.24. The quantitative estimate of drug-likeness (QED) is 0.0272. The third-order valence-electron chi connectivity index (χ3n) is 17.7. The average Bonchev–Trinajstić information content (AvgIpc) is 3.47.